The molecule has 0 atom stereocenters. The number of benzene rings is 1. The molecule has 1 aliphatic heterocycles. The fourth-order valence-corrected chi connectivity index (χ4v) is 4.40. The summed E-state index contributed by atoms with van der Waals surface area (Å²) in [4.78, 5) is 32.8. The zero-order chi connectivity index (χ0) is 19.7. The second-order valence-electron chi connectivity index (χ2n) is 8.87. The van der Waals surface area contributed by atoms with Gasteiger partial charge in [-0.05, 0) is 36.5 Å². The number of carbonyl (C=O) groups is 1. The summed E-state index contributed by atoms with van der Waals surface area (Å²) in [5, 5.41) is 0. The number of hydrogen-bond acceptors (Lipinski definition) is 4. The second kappa shape index (κ2) is 7.55. The van der Waals surface area contributed by atoms with Gasteiger partial charge in [-0.1, -0.05) is 32.0 Å². The van der Waals surface area contributed by atoms with E-state index in [0.717, 1.165) is 56.0 Å². The summed E-state index contributed by atoms with van der Waals surface area (Å²) in [6.07, 6.45) is 1.99. The second-order valence-corrected chi connectivity index (χ2v) is 8.87. The molecule has 4 rings (SSSR count). The lowest BCUT2D eigenvalue weighted by atomic mass is 9.75. The molecule has 1 N–H and O–H groups in total. The predicted molar refractivity (Wildman–Crippen MR) is 112 cm³/mol. The Morgan fingerprint density at radius 2 is 1.71 bits per heavy atom. The van der Waals surface area contributed by atoms with E-state index in [1.165, 1.54) is 5.69 Å². The molecule has 1 aromatic heterocycles. The number of anilines is 1. The topological polar surface area (TPSA) is 56.4 Å². The van der Waals surface area contributed by atoms with Crippen LogP contribution in [0, 0.1) is 5.41 Å². The van der Waals surface area contributed by atoms with Crippen molar-refractivity contribution >= 4 is 11.5 Å². The summed E-state index contributed by atoms with van der Waals surface area (Å²) in [7, 11) is 0. The minimum Gasteiger partial charge on any atom is -0.369 e. The Morgan fingerprint density at radius 1 is 1.00 bits per heavy atom. The molecule has 5 nitrogen and oxygen atoms in total. The van der Waals surface area contributed by atoms with Gasteiger partial charge < -0.3 is 9.88 Å². The van der Waals surface area contributed by atoms with E-state index in [4.69, 9.17) is 0 Å². The van der Waals surface area contributed by atoms with Gasteiger partial charge in [0.2, 0.25) is 0 Å². The van der Waals surface area contributed by atoms with Crippen molar-refractivity contribution in [3.8, 4) is 0 Å². The van der Waals surface area contributed by atoms with E-state index in [9.17, 15) is 9.59 Å². The highest BCUT2D eigenvalue weighted by Crippen LogP contribution is 2.33. The highest BCUT2D eigenvalue weighted by Gasteiger charge is 2.32. The Bertz CT molecular complexity index is 909. The molecule has 0 amide bonds. The summed E-state index contributed by atoms with van der Waals surface area (Å²) < 4.78 is 0. The van der Waals surface area contributed by atoms with E-state index < -0.39 is 0 Å². The average molecular weight is 380 g/mol. The van der Waals surface area contributed by atoms with Crippen LogP contribution < -0.4 is 10.5 Å². The molecule has 148 valence electrons. The van der Waals surface area contributed by atoms with Crippen molar-refractivity contribution in [3.63, 3.8) is 0 Å². The van der Waals surface area contributed by atoms with E-state index in [1.54, 1.807) is 0 Å². The number of pyridine rings is 1. The van der Waals surface area contributed by atoms with Gasteiger partial charge in [0.1, 0.15) is 0 Å². The van der Waals surface area contributed by atoms with E-state index >= 15 is 0 Å². The van der Waals surface area contributed by atoms with Crippen molar-refractivity contribution in [2.45, 2.75) is 33.1 Å². The van der Waals surface area contributed by atoms with Gasteiger partial charge in [0.15, 0.2) is 5.78 Å². The lowest BCUT2D eigenvalue weighted by molar-refractivity contribution is 0.0910. The molecule has 1 fully saturated rings. The number of rotatable bonds is 4. The first-order chi connectivity index (χ1) is 13.4. The Labute approximate surface area is 166 Å². The minimum absolute atomic E-state index is 0.0350. The van der Waals surface area contributed by atoms with Gasteiger partial charge in [0.25, 0.3) is 5.56 Å². The highest BCUT2D eigenvalue weighted by atomic mass is 16.1. The Morgan fingerprint density at radius 3 is 2.43 bits per heavy atom. The molecule has 0 bridgehead atoms. The van der Waals surface area contributed by atoms with Crippen LogP contribution in [-0.2, 0) is 12.8 Å². The van der Waals surface area contributed by atoms with Gasteiger partial charge in [0.05, 0.1) is 0 Å². The number of ketones is 1. The molecule has 5 heteroatoms. The fraction of sp³-hybridized carbons (Fsp3) is 0.478. The number of fused-ring (bicyclic) bond motifs is 1. The standard InChI is InChI=1S/C23H29N3O2/c1-23(2)15-20-19(21(27)16-23)14-17(22(28)24-20)8-9-25-10-12-26(13-11-25)18-6-4-3-5-7-18/h3-7,14H,8-13,15-16H2,1-2H3,(H,24,28). The number of aromatic amines is 1. The van der Waals surface area contributed by atoms with E-state index in [0.29, 0.717) is 12.8 Å². The number of para-hydroxylation sites is 1. The van der Waals surface area contributed by atoms with Crippen LogP contribution in [0.25, 0.3) is 0 Å². The molecule has 28 heavy (non-hydrogen) atoms. The number of nitrogens with zero attached hydrogens (tertiary/aromatic N) is 2. The molecule has 0 saturated carbocycles. The van der Waals surface area contributed by atoms with Gasteiger partial charge in [0, 0.05) is 61.7 Å². The van der Waals surface area contributed by atoms with Crippen molar-refractivity contribution in [1.29, 1.82) is 0 Å². The quantitative estimate of drug-likeness (QED) is 0.888. The molecular weight excluding hydrogens is 350 g/mol. The van der Waals surface area contributed by atoms with Crippen LogP contribution in [-0.4, -0.2) is 48.4 Å². The van der Waals surface area contributed by atoms with Gasteiger partial charge >= 0.3 is 0 Å². The smallest absolute Gasteiger partial charge is 0.251 e. The van der Waals surface area contributed by atoms with Crippen LogP contribution in [0.2, 0.25) is 0 Å². The zero-order valence-corrected chi connectivity index (χ0v) is 16.8. The van der Waals surface area contributed by atoms with Gasteiger partial charge in [-0.25, -0.2) is 0 Å². The van der Waals surface area contributed by atoms with Crippen molar-refractivity contribution in [1.82, 2.24) is 9.88 Å². The maximum atomic E-state index is 12.5. The normalized spacial score (nSPS) is 19.5. The molecule has 2 aliphatic rings. The third-order valence-electron chi connectivity index (χ3n) is 5.99. The predicted octanol–water partition coefficient (Wildman–Crippen LogP) is 2.89. The Hall–Kier alpha value is -2.40. The third kappa shape index (κ3) is 4.04. The average Bonchev–Trinajstić information content (AvgIpc) is 2.67. The lowest BCUT2D eigenvalue weighted by Crippen LogP contribution is -2.47. The summed E-state index contributed by atoms with van der Waals surface area (Å²) in [6.45, 7) is 8.99. The first-order valence-corrected chi connectivity index (χ1v) is 10.2. The van der Waals surface area contributed by atoms with Crippen molar-refractivity contribution in [3.05, 3.63) is 63.6 Å². The number of aromatic nitrogens is 1. The SMILES string of the molecule is CC1(C)CC(=O)c2cc(CCN3CCN(c4ccccc4)CC3)c(=O)[nH]c2C1. The van der Waals surface area contributed by atoms with Gasteiger partial charge in [-0.3, -0.25) is 14.5 Å². The number of hydrogen-bond donors (Lipinski definition) is 1. The molecule has 2 aromatic rings. The van der Waals surface area contributed by atoms with Crippen LogP contribution >= 0.6 is 0 Å². The monoisotopic (exact) mass is 379 g/mol. The van der Waals surface area contributed by atoms with Crippen LogP contribution in [0.5, 0.6) is 0 Å². The summed E-state index contributed by atoms with van der Waals surface area (Å²) in [5.41, 5.74) is 3.43. The van der Waals surface area contributed by atoms with Crippen LogP contribution in [0.1, 0.15) is 41.9 Å². The Balaban J connectivity index is 1.38. The third-order valence-corrected chi connectivity index (χ3v) is 5.99. The van der Waals surface area contributed by atoms with Gasteiger partial charge in [-0.15, -0.1) is 0 Å². The van der Waals surface area contributed by atoms with Crippen molar-refractivity contribution < 1.29 is 4.79 Å². The maximum Gasteiger partial charge on any atom is 0.251 e. The number of H-pyrrole nitrogens is 1. The van der Waals surface area contributed by atoms with Crippen LogP contribution in [0.15, 0.2) is 41.2 Å². The first-order valence-electron chi connectivity index (χ1n) is 10.2. The molecular formula is C23H29N3O2. The minimum atomic E-state index is -0.0764. The van der Waals surface area contributed by atoms with Gasteiger partial charge in [-0.2, -0.15) is 0 Å². The Kier molecular flexibility index (Phi) is 5.11. The molecule has 1 saturated heterocycles. The van der Waals surface area contributed by atoms with Crippen molar-refractivity contribution in [2.75, 3.05) is 37.6 Å². The summed E-state index contributed by atoms with van der Waals surface area (Å²) >= 11 is 0. The molecule has 1 aliphatic carbocycles. The molecule has 0 radical (unpaired) electrons. The van der Waals surface area contributed by atoms with Crippen LogP contribution in [0.4, 0.5) is 5.69 Å². The molecule has 0 spiro atoms. The zero-order valence-electron chi connectivity index (χ0n) is 16.8. The molecule has 2 heterocycles. The summed E-state index contributed by atoms with van der Waals surface area (Å²) in [5.74, 6) is 0.153. The number of nitrogens with one attached hydrogen (secondary N) is 1. The lowest BCUT2D eigenvalue weighted by Gasteiger charge is -2.36. The van der Waals surface area contributed by atoms with E-state index in [2.05, 4.69) is 52.9 Å². The largest absolute Gasteiger partial charge is 0.369 e. The number of piperazine rings is 1. The van der Waals surface area contributed by atoms with E-state index in [1.807, 2.05) is 12.1 Å². The van der Waals surface area contributed by atoms with Crippen LogP contribution in [0.3, 0.4) is 0 Å². The fourth-order valence-electron chi connectivity index (χ4n) is 4.40. The maximum absolute atomic E-state index is 12.5. The summed E-state index contributed by atoms with van der Waals surface area (Å²) in [6, 6.07) is 12.4. The van der Waals surface area contributed by atoms with E-state index in [-0.39, 0.29) is 16.8 Å². The molecule has 1 aromatic carbocycles. The number of carbonyl (C=O) groups excluding carboxylic acids is 1. The van der Waals surface area contributed by atoms with Crippen molar-refractivity contribution in [2.24, 2.45) is 5.41 Å². The first kappa shape index (κ1) is 18.9. The highest BCUT2D eigenvalue weighted by molar-refractivity contribution is 5.98. The number of Topliss-reactive ketones (excluding diaryl/α,β-unsaturated/α-hetero) is 1. The molecule has 0 unspecified atom stereocenters.